The van der Waals surface area contributed by atoms with E-state index in [1.165, 1.54) is 11.4 Å². The lowest BCUT2D eigenvalue weighted by Crippen LogP contribution is -2.47. The first-order chi connectivity index (χ1) is 11.5. The zero-order valence-corrected chi connectivity index (χ0v) is 14.9. The number of carbonyl (C=O) groups excluding carboxylic acids is 1. The topological polar surface area (TPSA) is 89.7 Å². The molecule has 1 aliphatic carbocycles. The van der Waals surface area contributed by atoms with Crippen molar-refractivity contribution in [3.05, 3.63) is 35.9 Å². The standard InChI is InChI=1S/C17H26N2O4S/c1-23-17(20)15-9-5-6-10-16(15)24(21,22)19(12-11-18)13-14-7-3-2-4-8-14/h2-4,7-8,15-16H,5-6,9-13,18H2,1H3. The summed E-state index contributed by atoms with van der Waals surface area (Å²) in [6.45, 7) is 0.744. The number of rotatable bonds is 7. The summed E-state index contributed by atoms with van der Waals surface area (Å²) in [5.41, 5.74) is 6.53. The fourth-order valence-electron chi connectivity index (χ4n) is 3.29. The van der Waals surface area contributed by atoms with Crippen molar-refractivity contribution >= 4 is 16.0 Å². The highest BCUT2D eigenvalue weighted by Gasteiger charge is 2.42. The average Bonchev–Trinajstić information content (AvgIpc) is 2.61. The van der Waals surface area contributed by atoms with Gasteiger partial charge in [0.15, 0.2) is 0 Å². The van der Waals surface area contributed by atoms with Crippen molar-refractivity contribution in [1.29, 1.82) is 0 Å². The van der Waals surface area contributed by atoms with Gasteiger partial charge >= 0.3 is 5.97 Å². The molecule has 0 amide bonds. The molecule has 2 atom stereocenters. The van der Waals surface area contributed by atoms with Crippen LogP contribution in [0.25, 0.3) is 0 Å². The third-order valence-electron chi connectivity index (χ3n) is 4.53. The summed E-state index contributed by atoms with van der Waals surface area (Å²) < 4.78 is 32.6. The van der Waals surface area contributed by atoms with E-state index >= 15 is 0 Å². The van der Waals surface area contributed by atoms with Gasteiger partial charge in [0, 0.05) is 19.6 Å². The number of nitrogens with zero attached hydrogens (tertiary/aromatic N) is 1. The van der Waals surface area contributed by atoms with E-state index in [-0.39, 0.29) is 19.6 Å². The second kappa shape index (κ2) is 8.60. The Kier molecular flexibility index (Phi) is 6.77. The number of hydrogen-bond donors (Lipinski definition) is 1. The number of methoxy groups -OCH3 is 1. The van der Waals surface area contributed by atoms with Crippen molar-refractivity contribution in [3.63, 3.8) is 0 Å². The summed E-state index contributed by atoms with van der Waals surface area (Å²) >= 11 is 0. The minimum Gasteiger partial charge on any atom is -0.469 e. The SMILES string of the molecule is COC(=O)C1CCCCC1S(=O)(=O)N(CCN)Cc1ccccc1. The Hall–Kier alpha value is -1.44. The number of esters is 1. The van der Waals surface area contributed by atoms with E-state index < -0.39 is 27.2 Å². The number of ether oxygens (including phenoxy) is 1. The van der Waals surface area contributed by atoms with Crippen LogP contribution in [0, 0.1) is 5.92 Å². The second-order valence-corrected chi connectivity index (χ2v) is 8.26. The fraction of sp³-hybridized carbons (Fsp3) is 0.588. The lowest BCUT2D eigenvalue weighted by Gasteiger charge is -2.33. The van der Waals surface area contributed by atoms with Crippen LogP contribution in [0.4, 0.5) is 0 Å². The van der Waals surface area contributed by atoms with Crippen LogP contribution in [0.5, 0.6) is 0 Å². The molecule has 2 rings (SSSR count). The molecular formula is C17H26N2O4S. The lowest BCUT2D eigenvalue weighted by molar-refractivity contribution is -0.146. The Bertz CT molecular complexity index is 633. The summed E-state index contributed by atoms with van der Waals surface area (Å²) in [5, 5.41) is -0.728. The monoisotopic (exact) mass is 354 g/mol. The van der Waals surface area contributed by atoms with E-state index in [0.29, 0.717) is 12.8 Å². The molecule has 0 bridgehead atoms. The molecule has 0 saturated heterocycles. The number of benzene rings is 1. The van der Waals surface area contributed by atoms with Gasteiger partial charge in [0.25, 0.3) is 0 Å². The Morgan fingerprint density at radius 2 is 1.92 bits per heavy atom. The molecular weight excluding hydrogens is 328 g/mol. The van der Waals surface area contributed by atoms with E-state index in [2.05, 4.69) is 0 Å². The van der Waals surface area contributed by atoms with E-state index in [4.69, 9.17) is 10.5 Å². The van der Waals surface area contributed by atoms with Crippen molar-refractivity contribution in [2.45, 2.75) is 37.5 Å². The van der Waals surface area contributed by atoms with Gasteiger partial charge in [-0.25, -0.2) is 8.42 Å². The second-order valence-electron chi connectivity index (χ2n) is 6.11. The van der Waals surface area contributed by atoms with Crippen molar-refractivity contribution in [2.24, 2.45) is 11.7 Å². The van der Waals surface area contributed by atoms with Crippen LogP contribution in [-0.2, 0) is 26.1 Å². The van der Waals surface area contributed by atoms with Crippen LogP contribution < -0.4 is 5.73 Å². The van der Waals surface area contributed by atoms with Crippen molar-refractivity contribution < 1.29 is 17.9 Å². The van der Waals surface area contributed by atoms with Gasteiger partial charge in [-0.15, -0.1) is 0 Å². The molecule has 2 unspecified atom stereocenters. The van der Waals surface area contributed by atoms with Crippen molar-refractivity contribution in [2.75, 3.05) is 20.2 Å². The zero-order valence-electron chi connectivity index (χ0n) is 14.1. The Balaban J connectivity index is 2.26. The van der Waals surface area contributed by atoms with Gasteiger partial charge in [0.05, 0.1) is 18.3 Å². The van der Waals surface area contributed by atoms with Crippen LogP contribution in [0.1, 0.15) is 31.2 Å². The summed E-state index contributed by atoms with van der Waals surface area (Å²) in [6, 6.07) is 9.41. The van der Waals surface area contributed by atoms with E-state index in [9.17, 15) is 13.2 Å². The first-order valence-electron chi connectivity index (χ1n) is 8.31. The van der Waals surface area contributed by atoms with Crippen LogP contribution >= 0.6 is 0 Å². The molecule has 1 fully saturated rings. The molecule has 0 aromatic heterocycles. The highest BCUT2D eigenvalue weighted by molar-refractivity contribution is 7.89. The van der Waals surface area contributed by atoms with Crippen LogP contribution in [0.15, 0.2) is 30.3 Å². The minimum atomic E-state index is -3.64. The third-order valence-corrected chi connectivity index (χ3v) is 6.89. The minimum absolute atomic E-state index is 0.238. The predicted octanol–water partition coefficient (Wildman–Crippen LogP) is 1.51. The molecule has 1 saturated carbocycles. The molecule has 0 radical (unpaired) electrons. The van der Waals surface area contributed by atoms with Crippen molar-refractivity contribution in [3.8, 4) is 0 Å². The molecule has 24 heavy (non-hydrogen) atoms. The van der Waals surface area contributed by atoms with Crippen LogP contribution in [0.3, 0.4) is 0 Å². The molecule has 7 heteroatoms. The molecule has 2 N–H and O–H groups in total. The molecule has 0 spiro atoms. The summed E-state index contributed by atoms with van der Waals surface area (Å²) in [6.07, 6.45) is 2.69. The molecule has 1 aromatic rings. The fourth-order valence-corrected chi connectivity index (χ4v) is 5.49. The number of nitrogens with two attached hydrogens (primary N) is 1. The third kappa shape index (κ3) is 4.34. The highest BCUT2D eigenvalue weighted by atomic mass is 32.2. The number of carbonyl (C=O) groups is 1. The van der Waals surface area contributed by atoms with E-state index in [0.717, 1.165) is 18.4 Å². The maximum atomic E-state index is 13.2. The molecule has 134 valence electrons. The van der Waals surface area contributed by atoms with Gasteiger partial charge in [0.2, 0.25) is 10.0 Å². The van der Waals surface area contributed by atoms with Gasteiger partial charge in [-0.05, 0) is 18.4 Å². The normalized spacial score (nSPS) is 21.6. The number of hydrogen-bond acceptors (Lipinski definition) is 5. The van der Waals surface area contributed by atoms with Crippen LogP contribution in [0.2, 0.25) is 0 Å². The van der Waals surface area contributed by atoms with Gasteiger partial charge in [-0.3, -0.25) is 4.79 Å². The molecule has 1 aromatic carbocycles. The Morgan fingerprint density at radius 1 is 1.25 bits per heavy atom. The molecule has 0 heterocycles. The lowest BCUT2D eigenvalue weighted by atomic mass is 9.89. The molecule has 1 aliphatic rings. The molecule has 0 aliphatic heterocycles. The summed E-state index contributed by atoms with van der Waals surface area (Å²) in [5.74, 6) is -1.03. The summed E-state index contributed by atoms with van der Waals surface area (Å²) in [4.78, 5) is 12.0. The van der Waals surface area contributed by atoms with Gasteiger partial charge in [-0.1, -0.05) is 43.2 Å². The van der Waals surface area contributed by atoms with Gasteiger partial charge in [-0.2, -0.15) is 4.31 Å². The first-order valence-corrected chi connectivity index (χ1v) is 9.81. The van der Waals surface area contributed by atoms with Gasteiger partial charge < -0.3 is 10.5 Å². The zero-order chi connectivity index (χ0) is 17.6. The Morgan fingerprint density at radius 3 is 2.54 bits per heavy atom. The largest absolute Gasteiger partial charge is 0.469 e. The first kappa shape index (κ1) is 18.9. The van der Waals surface area contributed by atoms with E-state index in [1.807, 2.05) is 30.3 Å². The maximum absolute atomic E-state index is 13.2. The Labute approximate surface area is 144 Å². The maximum Gasteiger partial charge on any atom is 0.310 e. The number of sulfonamides is 1. The highest BCUT2D eigenvalue weighted by Crippen LogP contribution is 2.32. The smallest absolute Gasteiger partial charge is 0.310 e. The average molecular weight is 354 g/mol. The molecule has 6 nitrogen and oxygen atoms in total. The van der Waals surface area contributed by atoms with Crippen molar-refractivity contribution in [1.82, 2.24) is 4.31 Å². The quantitative estimate of drug-likeness (QED) is 0.750. The van der Waals surface area contributed by atoms with Gasteiger partial charge in [0.1, 0.15) is 0 Å². The summed E-state index contributed by atoms with van der Waals surface area (Å²) in [7, 11) is -2.33. The van der Waals surface area contributed by atoms with E-state index in [1.54, 1.807) is 0 Å². The predicted molar refractivity (Wildman–Crippen MR) is 92.6 cm³/mol. The van der Waals surface area contributed by atoms with Crippen LogP contribution in [-0.4, -0.2) is 44.1 Å².